The Labute approximate surface area is 187 Å². The minimum absolute atomic E-state index is 0.100. The molecule has 2 rings (SSSR count). The summed E-state index contributed by atoms with van der Waals surface area (Å²) in [6.45, 7) is 14.5. The number of unbranched alkanes of at least 4 members (excludes halogenated alkanes) is 1. The van der Waals surface area contributed by atoms with Crippen LogP contribution < -0.4 is 5.32 Å². The molecule has 4 nitrogen and oxygen atoms in total. The highest BCUT2D eigenvalue weighted by Crippen LogP contribution is 2.30. The number of rotatable bonds is 7. The van der Waals surface area contributed by atoms with Gasteiger partial charge in [0.05, 0.1) is 5.56 Å². The van der Waals surface area contributed by atoms with Gasteiger partial charge in [-0.1, -0.05) is 73.1 Å². The van der Waals surface area contributed by atoms with Crippen molar-refractivity contribution in [2.45, 2.75) is 78.6 Å². The van der Waals surface area contributed by atoms with Crippen molar-refractivity contribution in [1.82, 2.24) is 0 Å². The second-order valence-corrected chi connectivity index (χ2v) is 10.2. The van der Waals surface area contributed by atoms with E-state index in [2.05, 4.69) is 59.8 Å². The molecule has 2 aromatic rings. The Bertz CT molecular complexity index is 867. The van der Waals surface area contributed by atoms with Gasteiger partial charge in [-0.25, -0.2) is 4.79 Å². The van der Waals surface area contributed by atoms with Gasteiger partial charge in [0.15, 0.2) is 6.61 Å². The first kappa shape index (κ1) is 24.6. The van der Waals surface area contributed by atoms with Gasteiger partial charge in [-0.05, 0) is 64.6 Å². The van der Waals surface area contributed by atoms with Gasteiger partial charge < -0.3 is 10.1 Å². The maximum atomic E-state index is 12.7. The van der Waals surface area contributed by atoms with E-state index in [1.807, 2.05) is 36.4 Å². The summed E-state index contributed by atoms with van der Waals surface area (Å²) in [4.78, 5) is 25.0. The molecule has 168 valence electrons. The maximum Gasteiger partial charge on any atom is 0.338 e. The van der Waals surface area contributed by atoms with Crippen LogP contribution >= 0.6 is 0 Å². The van der Waals surface area contributed by atoms with Crippen LogP contribution in [0.25, 0.3) is 0 Å². The highest BCUT2D eigenvalue weighted by molar-refractivity contribution is 5.95. The summed E-state index contributed by atoms with van der Waals surface area (Å²) in [6.07, 6.45) is 3.33. The molecule has 4 heteroatoms. The van der Waals surface area contributed by atoms with Crippen molar-refractivity contribution < 1.29 is 14.3 Å². The van der Waals surface area contributed by atoms with E-state index < -0.39 is 5.97 Å². The smallest absolute Gasteiger partial charge is 0.338 e. The lowest BCUT2D eigenvalue weighted by Gasteiger charge is -2.25. The number of hydrogen-bond donors (Lipinski definition) is 1. The van der Waals surface area contributed by atoms with Crippen molar-refractivity contribution in [3.8, 4) is 0 Å². The molecule has 1 N–H and O–H groups in total. The molecular weight excluding hydrogens is 386 g/mol. The molecule has 0 saturated heterocycles. The van der Waals surface area contributed by atoms with Gasteiger partial charge in [-0.3, -0.25) is 4.79 Å². The van der Waals surface area contributed by atoms with Crippen molar-refractivity contribution in [3.05, 3.63) is 64.7 Å². The molecule has 0 aliphatic rings. The van der Waals surface area contributed by atoms with E-state index >= 15 is 0 Å². The Morgan fingerprint density at radius 1 is 0.871 bits per heavy atom. The van der Waals surface area contributed by atoms with Crippen LogP contribution in [0, 0.1) is 0 Å². The summed E-state index contributed by atoms with van der Waals surface area (Å²) in [5, 5.41) is 2.79. The van der Waals surface area contributed by atoms with Crippen LogP contribution in [0.15, 0.2) is 42.5 Å². The predicted octanol–water partition coefficient (Wildman–Crippen LogP) is 6.42. The Kier molecular flexibility index (Phi) is 8.05. The van der Waals surface area contributed by atoms with Gasteiger partial charge in [0.2, 0.25) is 0 Å². The predicted molar refractivity (Wildman–Crippen MR) is 128 cm³/mol. The lowest BCUT2D eigenvalue weighted by atomic mass is 9.79. The normalized spacial score (nSPS) is 11.8. The van der Waals surface area contributed by atoms with Crippen LogP contribution in [0.5, 0.6) is 0 Å². The second-order valence-electron chi connectivity index (χ2n) is 10.2. The van der Waals surface area contributed by atoms with Crippen molar-refractivity contribution in [2.24, 2.45) is 0 Å². The number of aryl methyl sites for hydroxylation is 1. The number of nitrogens with one attached hydrogen (secondary N) is 1. The first-order chi connectivity index (χ1) is 14.4. The van der Waals surface area contributed by atoms with Crippen LogP contribution in [0.2, 0.25) is 0 Å². The molecule has 0 aliphatic heterocycles. The lowest BCUT2D eigenvalue weighted by molar-refractivity contribution is -0.119. The Morgan fingerprint density at radius 3 is 1.90 bits per heavy atom. The summed E-state index contributed by atoms with van der Waals surface area (Å²) in [5.41, 5.74) is 4.36. The molecule has 0 spiro atoms. The number of ether oxygens (including phenoxy) is 1. The summed E-state index contributed by atoms with van der Waals surface area (Å²) in [5.74, 6) is -0.834. The molecule has 31 heavy (non-hydrogen) atoms. The number of hydrogen-bond acceptors (Lipinski definition) is 3. The highest BCUT2D eigenvalue weighted by atomic mass is 16.5. The SMILES string of the molecule is CCCCc1ccc(NC(=O)COC(=O)c2cc(C(C)(C)C)cc(C(C)(C)C)c2)cc1. The number of anilines is 1. The minimum atomic E-state index is -0.485. The van der Waals surface area contributed by atoms with Crippen molar-refractivity contribution >= 4 is 17.6 Å². The van der Waals surface area contributed by atoms with Crippen LogP contribution in [0.1, 0.15) is 88.4 Å². The first-order valence-electron chi connectivity index (χ1n) is 11.1. The maximum absolute atomic E-state index is 12.7. The van der Waals surface area contributed by atoms with Crippen LogP contribution in [0.3, 0.4) is 0 Å². The fourth-order valence-corrected chi connectivity index (χ4v) is 3.16. The topological polar surface area (TPSA) is 55.4 Å². The van der Waals surface area contributed by atoms with Gasteiger partial charge in [0.1, 0.15) is 0 Å². The summed E-state index contributed by atoms with van der Waals surface area (Å²) >= 11 is 0. The zero-order valence-corrected chi connectivity index (χ0v) is 20.1. The van der Waals surface area contributed by atoms with E-state index in [0.717, 1.165) is 30.4 Å². The molecule has 0 aromatic heterocycles. The Balaban J connectivity index is 2.04. The molecule has 0 aliphatic carbocycles. The van der Waals surface area contributed by atoms with E-state index in [4.69, 9.17) is 4.74 Å². The van der Waals surface area contributed by atoms with Gasteiger partial charge in [0, 0.05) is 5.69 Å². The van der Waals surface area contributed by atoms with Gasteiger partial charge in [-0.15, -0.1) is 0 Å². The number of esters is 1. The zero-order chi connectivity index (χ0) is 23.2. The van der Waals surface area contributed by atoms with Crippen LogP contribution in [0.4, 0.5) is 5.69 Å². The fourth-order valence-electron chi connectivity index (χ4n) is 3.16. The molecule has 0 unspecified atom stereocenters. The highest BCUT2D eigenvalue weighted by Gasteiger charge is 2.23. The van der Waals surface area contributed by atoms with Crippen LogP contribution in [-0.4, -0.2) is 18.5 Å². The molecule has 2 aromatic carbocycles. The average molecular weight is 424 g/mol. The monoisotopic (exact) mass is 423 g/mol. The number of carbonyl (C=O) groups is 2. The standard InChI is InChI=1S/C27H37NO3/c1-8-9-10-19-11-13-23(14-12-19)28-24(29)18-31-25(30)20-15-21(26(2,3)4)17-22(16-20)27(5,6)7/h11-17H,8-10,18H2,1-7H3,(H,28,29). The molecule has 0 radical (unpaired) electrons. The van der Waals surface area contributed by atoms with Crippen molar-refractivity contribution in [2.75, 3.05) is 11.9 Å². The average Bonchev–Trinajstić information content (AvgIpc) is 2.70. The molecule has 0 saturated carbocycles. The largest absolute Gasteiger partial charge is 0.452 e. The van der Waals surface area contributed by atoms with Crippen molar-refractivity contribution in [3.63, 3.8) is 0 Å². The fraction of sp³-hybridized carbons (Fsp3) is 0.481. The number of carbonyl (C=O) groups excluding carboxylic acids is 2. The summed E-state index contributed by atoms with van der Waals surface area (Å²) in [6, 6.07) is 13.7. The van der Waals surface area contributed by atoms with Crippen molar-refractivity contribution in [1.29, 1.82) is 0 Å². The quantitative estimate of drug-likeness (QED) is 0.523. The summed E-state index contributed by atoms with van der Waals surface area (Å²) < 4.78 is 5.32. The second kappa shape index (κ2) is 10.1. The number of amides is 1. The summed E-state index contributed by atoms with van der Waals surface area (Å²) in [7, 11) is 0. The zero-order valence-electron chi connectivity index (χ0n) is 20.1. The Morgan fingerprint density at radius 2 is 1.42 bits per heavy atom. The van der Waals surface area contributed by atoms with E-state index in [1.165, 1.54) is 5.56 Å². The molecule has 1 amide bonds. The van der Waals surface area contributed by atoms with E-state index in [1.54, 1.807) is 0 Å². The molecule has 0 heterocycles. The molecule has 0 fully saturated rings. The minimum Gasteiger partial charge on any atom is -0.452 e. The molecular formula is C27H37NO3. The van der Waals surface area contributed by atoms with Gasteiger partial charge in [0.25, 0.3) is 5.91 Å². The molecule has 0 bridgehead atoms. The molecule has 0 atom stereocenters. The lowest BCUT2D eigenvalue weighted by Crippen LogP contribution is -2.22. The van der Waals surface area contributed by atoms with E-state index in [0.29, 0.717) is 11.3 Å². The van der Waals surface area contributed by atoms with E-state index in [9.17, 15) is 9.59 Å². The third kappa shape index (κ3) is 7.54. The van der Waals surface area contributed by atoms with E-state index in [-0.39, 0.29) is 23.3 Å². The van der Waals surface area contributed by atoms with Gasteiger partial charge >= 0.3 is 5.97 Å². The first-order valence-corrected chi connectivity index (χ1v) is 11.1. The third-order valence-electron chi connectivity index (χ3n) is 5.29. The van der Waals surface area contributed by atoms with Crippen LogP contribution in [-0.2, 0) is 26.8 Å². The Hall–Kier alpha value is -2.62. The number of benzene rings is 2. The third-order valence-corrected chi connectivity index (χ3v) is 5.29. The van der Waals surface area contributed by atoms with Gasteiger partial charge in [-0.2, -0.15) is 0 Å².